The van der Waals surface area contributed by atoms with Crippen LogP contribution < -0.4 is 10.2 Å². The first kappa shape index (κ1) is 25.1. The molecule has 0 spiro atoms. The van der Waals surface area contributed by atoms with Crippen LogP contribution >= 0.6 is 11.3 Å². The Morgan fingerprint density at radius 3 is 2.39 bits per heavy atom. The SMILES string of the molecule is CC(c1ccccc1)N(Cc1cc(NC(=O)c2cccs2)ccc1N(C)C)C(=O)c1cccc(F)c1. The molecular formula is C29H28FN3O2S. The number of thiophene rings is 1. The summed E-state index contributed by atoms with van der Waals surface area (Å²) in [5, 5.41) is 4.81. The third-order valence-corrected chi connectivity index (χ3v) is 6.86. The highest BCUT2D eigenvalue weighted by atomic mass is 32.1. The first-order valence-corrected chi connectivity index (χ1v) is 12.5. The molecule has 1 atom stereocenters. The van der Waals surface area contributed by atoms with Crippen molar-refractivity contribution < 1.29 is 14.0 Å². The number of nitrogens with one attached hydrogen (secondary N) is 1. The van der Waals surface area contributed by atoms with Gasteiger partial charge in [-0.05, 0) is 65.9 Å². The molecule has 7 heteroatoms. The molecule has 1 unspecified atom stereocenters. The fraction of sp³-hybridized carbons (Fsp3) is 0.172. The van der Waals surface area contributed by atoms with Crippen LogP contribution in [0, 0.1) is 5.82 Å². The molecule has 3 aromatic carbocycles. The highest BCUT2D eigenvalue weighted by Crippen LogP contribution is 2.30. The second-order valence-corrected chi connectivity index (χ2v) is 9.65. The highest BCUT2D eigenvalue weighted by Gasteiger charge is 2.25. The summed E-state index contributed by atoms with van der Waals surface area (Å²) in [6, 6.07) is 24.5. The monoisotopic (exact) mass is 501 g/mol. The van der Waals surface area contributed by atoms with Gasteiger partial charge in [0.1, 0.15) is 5.82 Å². The Morgan fingerprint density at radius 2 is 1.72 bits per heavy atom. The Hall–Kier alpha value is -3.97. The van der Waals surface area contributed by atoms with E-state index in [4.69, 9.17) is 0 Å². The number of anilines is 2. The number of carbonyl (C=O) groups excluding carboxylic acids is 2. The molecule has 184 valence electrons. The van der Waals surface area contributed by atoms with Crippen molar-refractivity contribution in [3.8, 4) is 0 Å². The first-order valence-electron chi connectivity index (χ1n) is 11.6. The molecule has 0 bridgehead atoms. The summed E-state index contributed by atoms with van der Waals surface area (Å²) < 4.78 is 14.0. The lowest BCUT2D eigenvalue weighted by Crippen LogP contribution is -2.34. The minimum Gasteiger partial charge on any atom is -0.377 e. The zero-order chi connectivity index (χ0) is 25.7. The van der Waals surface area contributed by atoms with Crippen LogP contribution in [-0.4, -0.2) is 30.8 Å². The summed E-state index contributed by atoms with van der Waals surface area (Å²) in [6.45, 7) is 2.23. The number of halogens is 1. The molecule has 2 amide bonds. The van der Waals surface area contributed by atoms with Gasteiger partial charge in [0.25, 0.3) is 11.8 Å². The topological polar surface area (TPSA) is 52.7 Å². The van der Waals surface area contributed by atoms with E-state index in [1.54, 1.807) is 23.1 Å². The van der Waals surface area contributed by atoms with Gasteiger partial charge in [0, 0.05) is 37.6 Å². The van der Waals surface area contributed by atoms with Gasteiger partial charge in [0.2, 0.25) is 0 Å². The van der Waals surface area contributed by atoms with Gasteiger partial charge >= 0.3 is 0 Å². The predicted octanol–water partition coefficient (Wildman–Crippen LogP) is 6.61. The van der Waals surface area contributed by atoms with E-state index < -0.39 is 5.82 Å². The number of nitrogens with zero attached hydrogens (tertiary/aromatic N) is 2. The van der Waals surface area contributed by atoms with Crippen LogP contribution in [0.4, 0.5) is 15.8 Å². The van der Waals surface area contributed by atoms with Crippen LogP contribution in [0.15, 0.2) is 90.3 Å². The Labute approximate surface area is 214 Å². The van der Waals surface area contributed by atoms with Gasteiger partial charge in [-0.25, -0.2) is 4.39 Å². The number of hydrogen-bond acceptors (Lipinski definition) is 4. The summed E-state index contributed by atoms with van der Waals surface area (Å²) in [4.78, 5) is 30.7. The third kappa shape index (κ3) is 5.80. The quantitative estimate of drug-likeness (QED) is 0.296. The molecule has 0 aliphatic rings. The summed E-state index contributed by atoms with van der Waals surface area (Å²) in [5.74, 6) is -0.914. The molecular weight excluding hydrogens is 473 g/mol. The maximum Gasteiger partial charge on any atom is 0.265 e. The van der Waals surface area contributed by atoms with Crippen LogP contribution in [-0.2, 0) is 6.54 Å². The van der Waals surface area contributed by atoms with Gasteiger partial charge in [-0.2, -0.15) is 0 Å². The Kier molecular flexibility index (Phi) is 7.80. The predicted molar refractivity (Wildman–Crippen MR) is 144 cm³/mol. The van der Waals surface area contributed by atoms with Gasteiger partial charge < -0.3 is 15.1 Å². The maximum absolute atomic E-state index is 14.0. The zero-order valence-corrected chi connectivity index (χ0v) is 21.3. The first-order chi connectivity index (χ1) is 17.3. The standard InChI is InChI=1S/C29H28FN3O2S/c1-20(21-9-5-4-6-10-21)33(29(35)22-11-7-12-24(30)17-22)19-23-18-25(14-15-26(23)32(2)3)31-28(34)27-13-8-16-36-27/h4-18,20H,19H2,1-3H3,(H,31,34). The molecule has 4 aromatic rings. The summed E-state index contributed by atoms with van der Waals surface area (Å²) in [6.07, 6.45) is 0. The normalized spacial score (nSPS) is 11.6. The van der Waals surface area contributed by atoms with Gasteiger partial charge in [-0.3, -0.25) is 9.59 Å². The summed E-state index contributed by atoms with van der Waals surface area (Å²) in [7, 11) is 3.87. The van der Waals surface area contributed by atoms with Crippen molar-refractivity contribution in [3.63, 3.8) is 0 Å². The van der Waals surface area contributed by atoms with Crippen molar-refractivity contribution in [1.29, 1.82) is 0 Å². The highest BCUT2D eigenvalue weighted by molar-refractivity contribution is 7.12. The molecule has 36 heavy (non-hydrogen) atoms. The van der Waals surface area contributed by atoms with Crippen LogP contribution in [0.3, 0.4) is 0 Å². The average molecular weight is 502 g/mol. The van der Waals surface area contributed by atoms with Crippen molar-refractivity contribution in [2.45, 2.75) is 19.5 Å². The summed E-state index contributed by atoms with van der Waals surface area (Å²) >= 11 is 1.37. The van der Waals surface area contributed by atoms with E-state index in [-0.39, 0.29) is 30.0 Å². The molecule has 0 aliphatic heterocycles. The Balaban J connectivity index is 1.71. The molecule has 0 saturated heterocycles. The smallest absolute Gasteiger partial charge is 0.265 e. The van der Waals surface area contributed by atoms with Crippen molar-refractivity contribution in [2.24, 2.45) is 0 Å². The lowest BCUT2D eigenvalue weighted by Gasteiger charge is -2.31. The minimum atomic E-state index is -0.458. The second kappa shape index (κ2) is 11.2. The molecule has 1 heterocycles. The van der Waals surface area contributed by atoms with Gasteiger partial charge in [-0.1, -0.05) is 42.5 Å². The molecule has 5 nitrogen and oxygen atoms in total. The molecule has 1 N–H and O–H groups in total. The molecule has 4 rings (SSSR count). The number of hydrogen-bond donors (Lipinski definition) is 1. The van der Waals surface area contributed by atoms with Crippen molar-refractivity contribution in [2.75, 3.05) is 24.3 Å². The van der Waals surface area contributed by atoms with E-state index in [2.05, 4.69) is 5.32 Å². The number of benzene rings is 3. The lowest BCUT2D eigenvalue weighted by atomic mass is 10.0. The van der Waals surface area contributed by atoms with E-state index >= 15 is 0 Å². The number of rotatable bonds is 8. The van der Waals surface area contributed by atoms with E-state index in [0.29, 0.717) is 10.6 Å². The van der Waals surface area contributed by atoms with Crippen LogP contribution in [0.2, 0.25) is 0 Å². The van der Waals surface area contributed by atoms with Crippen LogP contribution in [0.5, 0.6) is 0 Å². The van der Waals surface area contributed by atoms with Gasteiger partial charge in [0.15, 0.2) is 0 Å². The molecule has 0 saturated carbocycles. The van der Waals surface area contributed by atoms with E-state index in [0.717, 1.165) is 16.8 Å². The van der Waals surface area contributed by atoms with E-state index in [1.165, 1.54) is 23.5 Å². The van der Waals surface area contributed by atoms with Gasteiger partial charge in [0.05, 0.1) is 10.9 Å². The fourth-order valence-corrected chi connectivity index (χ4v) is 4.71. The molecule has 0 aliphatic carbocycles. The van der Waals surface area contributed by atoms with Crippen molar-refractivity contribution in [1.82, 2.24) is 4.90 Å². The third-order valence-electron chi connectivity index (χ3n) is 5.99. The Morgan fingerprint density at radius 1 is 0.944 bits per heavy atom. The Bertz CT molecular complexity index is 1340. The lowest BCUT2D eigenvalue weighted by molar-refractivity contribution is 0.0673. The average Bonchev–Trinajstić information content (AvgIpc) is 3.42. The minimum absolute atomic E-state index is 0.182. The second-order valence-electron chi connectivity index (χ2n) is 8.70. The van der Waals surface area contributed by atoms with E-state index in [1.807, 2.05) is 85.9 Å². The maximum atomic E-state index is 14.0. The number of amides is 2. The fourth-order valence-electron chi connectivity index (χ4n) is 4.09. The zero-order valence-electron chi connectivity index (χ0n) is 20.4. The molecule has 1 aromatic heterocycles. The van der Waals surface area contributed by atoms with Crippen LogP contribution in [0.1, 0.15) is 44.1 Å². The van der Waals surface area contributed by atoms with Crippen molar-refractivity contribution in [3.05, 3.63) is 118 Å². The van der Waals surface area contributed by atoms with E-state index in [9.17, 15) is 14.0 Å². The molecule has 0 radical (unpaired) electrons. The molecule has 0 fully saturated rings. The van der Waals surface area contributed by atoms with Crippen molar-refractivity contribution >= 4 is 34.5 Å². The summed E-state index contributed by atoms with van der Waals surface area (Å²) in [5.41, 5.74) is 3.67. The number of carbonyl (C=O) groups is 2. The van der Waals surface area contributed by atoms with Gasteiger partial charge in [-0.15, -0.1) is 11.3 Å². The largest absolute Gasteiger partial charge is 0.377 e. The van der Waals surface area contributed by atoms with Crippen LogP contribution in [0.25, 0.3) is 0 Å².